The molecular weight excluding hydrogens is 340 g/mol. The molecule has 25 heavy (non-hydrogen) atoms. The largest absolute Gasteiger partial charge is 0.454 e. The molecule has 0 unspecified atom stereocenters. The van der Waals surface area contributed by atoms with E-state index >= 15 is 0 Å². The van der Waals surface area contributed by atoms with Crippen molar-refractivity contribution in [1.82, 2.24) is 4.31 Å². The quantitative estimate of drug-likeness (QED) is 0.844. The summed E-state index contributed by atoms with van der Waals surface area (Å²) in [4.78, 5) is 0.220. The van der Waals surface area contributed by atoms with Gasteiger partial charge < -0.3 is 9.47 Å². The number of hydrogen-bond donors (Lipinski definition) is 0. The van der Waals surface area contributed by atoms with Crippen LogP contribution in [0.1, 0.15) is 23.5 Å². The molecule has 2 aliphatic rings. The highest BCUT2D eigenvalue weighted by atomic mass is 32.2. The maximum absolute atomic E-state index is 12.8. The van der Waals surface area contributed by atoms with Gasteiger partial charge in [0.2, 0.25) is 16.8 Å². The molecule has 0 saturated carbocycles. The van der Waals surface area contributed by atoms with Crippen LogP contribution in [-0.4, -0.2) is 32.6 Å². The summed E-state index contributed by atoms with van der Waals surface area (Å²) in [5.74, 6) is 1.57. The zero-order valence-electron chi connectivity index (χ0n) is 13.4. The number of nitriles is 1. The molecule has 2 heterocycles. The fourth-order valence-electron chi connectivity index (χ4n) is 3.24. The van der Waals surface area contributed by atoms with Crippen LogP contribution in [0.2, 0.25) is 0 Å². The van der Waals surface area contributed by atoms with E-state index in [9.17, 15) is 8.42 Å². The molecule has 0 N–H and O–H groups in total. The summed E-state index contributed by atoms with van der Waals surface area (Å²) < 4.78 is 37.8. The smallest absolute Gasteiger partial charge is 0.243 e. The summed E-state index contributed by atoms with van der Waals surface area (Å²) in [6.07, 6.45) is 0.759. The number of hydrogen-bond acceptors (Lipinski definition) is 5. The number of rotatable bonds is 3. The number of nitrogens with zero attached hydrogens (tertiary/aromatic N) is 2. The first kappa shape index (κ1) is 15.9. The summed E-state index contributed by atoms with van der Waals surface area (Å²) in [5, 5.41) is 8.84. The van der Waals surface area contributed by atoms with Gasteiger partial charge in [-0.2, -0.15) is 9.57 Å². The van der Waals surface area contributed by atoms with Crippen LogP contribution in [0.15, 0.2) is 47.4 Å². The third kappa shape index (κ3) is 2.84. The van der Waals surface area contributed by atoms with Crippen LogP contribution in [0, 0.1) is 11.3 Å². The van der Waals surface area contributed by atoms with Gasteiger partial charge >= 0.3 is 0 Å². The van der Waals surface area contributed by atoms with Gasteiger partial charge in [-0.15, -0.1) is 0 Å². The molecule has 0 spiro atoms. The summed E-state index contributed by atoms with van der Waals surface area (Å²) in [5.41, 5.74) is 1.50. The Morgan fingerprint density at radius 1 is 1.08 bits per heavy atom. The molecule has 2 aromatic carbocycles. The first-order valence-electron chi connectivity index (χ1n) is 7.98. The average molecular weight is 356 g/mol. The van der Waals surface area contributed by atoms with Crippen molar-refractivity contribution < 1.29 is 17.9 Å². The van der Waals surface area contributed by atoms with Crippen molar-refractivity contribution in [3.05, 3.63) is 53.6 Å². The zero-order chi connectivity index (χ0) is 17.4. The predicted molar refractivity (Wildman–Crippen MR) is 89.8 cm³/mol. The van der Waals surface area contributed by atoms with Crippen molar-refractivity contribution in [1.29, 1.82) is 5.26 Å². The Hall–Kier alpha value is -2.56. The zero-order valence-corrected chi connectivity index (χ0v) is 14.2. The van der Waals surface area contributed by atoms with E-state index in [0.717, 1.165) is 17.7 Å². The van der Waals surface area contributed by atoms with Gasteiger partial charge in [-0.3, -0.25) is 0 Å². The molecule has 2 aromatic rings. The van der Waals surface area contributed by atoms with Crippen molar-refractivity contribution >= 4 is 10.0 Å². The molecule has 0 amide bonds. The van der Waals surface area contributed by atoms with Crippen molar-refractivity contribution in [2.24, 2.45) is 0 Å². The maximum atomic E-state index is 12.8. The molecular formula is C18H16N2O4S. The van der Waals surface area contributed by atoms with Crippen molar-refractivity contribution in [2.45, 2.75) is 17.2 Å². The van der Waals surface area contributed by atoms with Crippen LogP contribution in [0.5, 0.6) is 11.5 Å². The molecule has 128 valence electrons. The lowest BCUT2D eigenvalue weighted by Gasteiger charge is -2.17. The Bertz CT molecular complexity index is 948. The second-order valence-electron chi connectivity index (χ2n) is 6.10. The third-order valence-electron chi connectivity index (χ3n) is 4.64. The predicted octanol–water partition coefficient (Wildman–Crippen LogP) is 2.47. The van der Waals surface area contributed by atoms with E-state index in [1.54, 1.807) is 0 Å². The van der Waals surface area contributed by atoms with Gasteiger partial charge in [-0.05, 0) is 54.3 Å². The second kappa shape index (κ2) is 6.06. The summed E-state index contributed by atoms with van der Waals surface area (Å²) in [7, 11) is -3.55. The van der Waals surface area contributed by atoms with Crippen molar-refractivity contribution in [2.75, 3.05) is 19.9 Å². The summed E-state index contributed by atoms with van der Waals surface area (Å²) in [6, 6.07) is 13.8. The molecule has 4 rings (SSSR count). The Balaban J connectivity index is 1.54. The average Bonchev–Trinajstić information content (AvgIpc) is 3.30. The lowest BCUT2D eigenvalue weighted by Crippen LogP contribution is -2.28. The van der Waals surface area contributed by atoms with E-state index in [1.807, 2.05) is 24.3 Å². The first-order chi connectivity index (χ1) is 12.1. The molecule has 1 fully saturated rings. The van der Waals surface area contributed by atoms with Gasteiger partial charge in [0, 0.05) is 13.1 Å². The normalized spacial score (nSPS) is 19.7. The summed E-state index contributed by atoms with van der Waals surface area (Å²) >= 11 is 0. The van der Waals surface area contributed by atoms with Gasteiger partial charge in [0.25, 0.3) is 0 Å². The van der Waals surface area contributed by atoms with Crippen molar-refractivity contribution in [3.8, 4) is 17.6 Å². The molecule has 0 radical (unpaired) electrons. The minimum Gasteiger partial charge on any atom is -0.454 e. The Kier molecular flexibility index (Phi) is 3.86. The second-order valence-corrected chi connectivity index (χ2v) is 8.04. The lowest BCUT2D eigenvalue weighted by molar-refractivity contribution is 0.174. The standard InChI is InChI=1S/C18H16N2O4S/c19-10-13-1-4-16(5-2-13)25(21,22)20-8-7-15(11-20)14-3-6-17-18(9-14)24-12-23-17/h1-6,9,15H,7-8,11-12H2/t15-/m1/s1. The van der Waals surface area contributed by atoms with Crippen LogP contribution in [0.4, 0.5) is 0 Å². The SMILES string of the molecule is N#Cc1ccc(S(=O)(=O)N2CC[C@@H](c3ccc4c(c3)OCO4)C2)cc1. The third-order valence-corrected chi connectivity index (χ3v) is 6.52. The minimum atomic E-state index is -3.55. The van der Waals surface area contributed by atoms with E-state index in [1.165, 1.54) is 28.6 Å². The highest BCUT2D eigenvalue weighted by molar-refractivity contribution is 7.89. The van der Waals surface area contributed by atoms with Gasteiger partial charge in [-0.25, -0.2) is 8.42 Å². The molecule has 1 saturated heterocycles. The van der Waals surface area contributed by atoms with E-state index < -0.39 is 10.0 Å². The molecule has 0 bridgehead atoms. The highest BCUT2D eigenvalue weighted by Gasteiger charge is 2.33. The molecule has 7 heteroatoms. The molecule has 0 aromatic heterocycles. The summed E-state index contributed by atoms with van der Waals surface area (Å²) in [6.45, 7) is 1.13. The van der Waals surface area contributed by atoms with Gasteiger partial charge in [-0.1, -0.05) is 6.07 Å². The maximum Gasteiger partial charge on any atom is 0.243 e. The van der Waals surface area contributed by atoms with Gasteiger partial charge in [0.05, 0.1) is 16.5 Å². The number of ether oxygens (including phenoxy) is 2. The Morgan fingerprint density at radius 2 is 1.84 bits per heavy atom. The molecule has 6 nitrogen and oxygen atoms in total. The fraction of sp³-hybridized carbons (Fsp3) is 0.278. The molecule has 1 atom stereocenters. The van der Waals surface area contributed by atoms with Crippen LogP contribution >= 0.6 is 0 Å². The highest BCUT2D eigenvalue weighted by Crippen LogP contribution is 2.38. The molecule has 2 aliphatic heterocycles. The van der Waals surface area contributed by atoms with E-state index in [0.29, 0.717) is 24.4 Å². The van der Waals surface area contributed by atoms with Crippen LogP contribution in [0.25, 0.3) is 0 Å². The van der Waals surface area contributed by atoms with Crippen LogP contribution in [0.3, 0.4) is 0 Å². The van der Waals surface area contributed by atoms with Gasteiger partial charge in [0.1, 0.15) is 0 Å². The van der Waals surface area contributed by atoms with E-state index in [4.69, 9.17) is 14.7 Å². The Labute approximate surface area is 146 Å². The number of fused-ring (bicyclic) bond motifs is 1. The first-order valence-corrected chi connectivity index (χ1v) is 9.42. The monoisotopic (exact) mass is 356 g/mol. The van der Waals surface area contributed by atoms with Crippen molar-refractivity contribution in [3.63, 3.8) is 0 Å². The topological polar surface area (TPSA) is 79.6 Å². The van der Waals surface area contributed by atoms with E-state index in [2.05, 4.69) is 0 Å². The minimum absolute atomic E-state index is 0.127. The van der Waals surface area contributed by atoms with Gasteiger partial charge in [0.15, 0.2) is 11.5 Å². The van der Waals surface area contributed by atoms with E-state index in [-0.39, 0.29) is 17.6 Å². The van der Waals surface area contributed by atoms with Crippen LogP contribution < -0.4 is 9.47 Å². The Morgan fingerprint density at radius 3 is 2.60 bits per heavy atom. The lowest BCUT2D eigenvalue weighted by atomic mass is 9.98. The number of sulfonamides is 1. The number of benzene rings is 2. The fourth-order valence-corrected chi connectivity index (χ4v) is 4.74. The van der Waals surface area contributed by atoms with Crippen LogP contribution in [-0.2, 0) is 10.0 Å². The molecule has 0 aliphatic carbocycles.